The van der Waals surface area contributed by atoms with Crippen molar-refractivity contribution in [2.75, 3.05) is 32.4 Å². The van der Waals surface area contributed by atoms with Gasteiger partial charge in [0.05, 0.1) is 36.0 Å². The standard InChI is InChI=1S/C23H25ClN2O5/c1-29-8-3-9-31-21-11-15-14(10-17(21)24)19-12-20(27)16(22(28)30-2)13-25(19)26-18(15)4-5-23(26)6-7-23/h10-13,18H,3-9H2,1-2H3. The minimum Gasteiger partial charge on any atom is -0.492 e. The highest BCUT2D eigenvalue weighted by molar-refractivity contribution is 6.32. The second-order valence-electron chi connectivity index (χ2n) is 8.46. The zero-order valence-electron chi connectivity index (χ0n) is 17.7. The van der Waals surface area contributed by atoms with Crippen molar-refractivity contribution in [2.24, 2.45) is 0 Å². The number of hydrogen-bond acceptors (Lipinski definition) is 6. The van der Waals surface area contributed by atoms with Crippen LogP contribution in [0.1, 0.15) is 54.1 Å². The van der Waals surface area contributed by atoms with E-state index in [-0.39, 0.29) is 22.6 Å². The van der Waals surface area contributed by atoms with Gasteiger partial charge in [0, 0.05) is 38.0 Å². The molecule has 0 N–H and O–H groups in total. The Morgan fingerprint density at radius 2 is 2.00 bits per heavy atom. The van der Waals surface area contributed by atoms with Crippen LogP contribution < -0.4 is 15.2 Å². The third-order valence-corrected chi connectivity index (χ3v) is 6.95. The topological polar surface area (TPSA) is 70.0 Å². The second kappa shape index (κ2) is 7.57. The van der Waals surface area contributed by atoms with Crippen LogP contribution in [0.25, 0.3) is 11.3 Å². The summed E-state index contributed by atoms with van der Waals surface area (Å²) in [5, 5.41) is 2.85. The van der Waals surface area contributed by atoms with Crippen molar-refractivity contribution < 1.29 is 19.0 Å². The molecular formula is C23H25ClN2O5. The lowest BCUT2D eigenvalue weighted by Gasteiger charge is -2.41. The lowest BCUT2D eigenvalue weighted by Crippen LogP contribution is -2.46. The molecule has 1 aliphatic carbocycles. The maximum absolute atomic E-state index is 12.7. The molecule has 1 saturated heterocycles. The molecule has 1 spiro atoms. The number of aromatic nitrogens is 1. The van der Waals surface area contributed by atoms with E-state index in [0.29, 0.717) is 24.0 Å². The van der Waals surface area contributed by atoms with Crippen LogP contribution in [-0.4, -0.2) is 43.6 Å². The number of nitrogens with zero attached hydrogens (tertiary/aromatic N) is 2. The first-order chi connectivity index (χ1) is 15.0. The summed E-state index contributed by atoms with van der Waals surface area (Å²) in [6.07, 6.45) is 6.68. The molecule has 2 aliphatic heterocycles. The summed E-state index contributed by atoms with van der Waals surface area (Å²) in [7, 11) is 2.95. The number of halogens is 1. The zero-order valence-corrected chi connectivity index (χ0v) is 18.4. The minimum absolute atomic E-state index is 0.0420. The maximum Gasteiger partial charge on any atom is 0.343 e. The number of hydrogen-bond donors (Lipinski definition) is 0. The van der Waals surface area contributed by atoms with Crippen molar-refractivity contribution in [3.05, 3.63) is 50.8 Å². The van der Waals surface area contributed by atoms with Crippen LogP contribution in [0.2, 0.25) is 5.02 Å². The van der Waals surface area contributed by atoms with Gasteiger partial charge in [0.2, 0.25) is 0 Å². The van der Waals surface area contributed by atoms with E-state index in [1.807, 2.05) is 16.8 Å². The highest BCUT2D eigenvalue weighted by atomic mass is 35.5. The molecule has 0 bridgehead atoms. The molecule has 3 heterocycles. The van der Waals surface area contributed by atoms with Gasteiger partial charge in [-0.25, -0.2) is 4.79 Å². The molecule has 0 radical (unpaired) electrons. The number of esters is 1. The number of pyridine rings is 1. The van der Waals surface area contributed by atoms with E-state index in [1.54, 1.807) is 13.3 Å². The van der Waals surface area contributed by atoms with E-state index in [9.17, 15) is 9.59 Å². The van der Waals surface area contributed by atoms with Gasteiger partial charge in [0.15, 0.2) is 5.43 Å². The fraction of sp³-hybridized carbons (Fsp3) is 0.478. The average Bonchev–Trinajstić information content (AvgIpc) is 3.45. The van der Waals surface area contributed by atoms with Crippen LogP contribution in [-0.2, 0) is 9.47 Å². The van der Waals surface area contributed by atoms with E-state index in [0.717, 1.165) is 48.9 Å². The summed E-state index contributed by atoms with van der Waals surface area (Å²) in [5.74, 6) is 0.0275. The second-order valence-corrected chi connectivity index (χ2v) is 8.87. The molecule has 5 rings (SSSR count). The summed E-state index contributed by atoms with van der Waals surface area (Å²) in [5.41, 5.74) is 2.52. The fourth-order valence-electron chi connectivity index (χ4n) is 4.99. The summed E-state index contributed by atoms with van der Waals surface area (Å²) < 4.78 is 17.8. The van der Waals surface area contributed by atoms with Gasteiger partial charge in [-0.1, -0.05) is 11.6 Å². The van der Waals surface area contributed by atoms with Crippen molar-refractivity contribution in [1.29, 1.82) is 0 Å². The number of benzene rings is 1. The Balaban J connectivity index is 1.63. The Labute approximate surface area is 185 Å². The van der Waals surface area contributed by atoms with Gasteiger partial charge in [-0.2, -0.15) is 0 Å². The zero-order chi connectivity index (χ0) is 21.8. The molecule has 31 heavy (non-hydrogen) atoms. The van der Waals surface area contributed by atoms with Crippen molar-refractivity contribution >= 4 is 17.6 Å². The van der Waals surface area contributed by atoms with E-state index < -0.39 is 5.97 Å². The molecule has 3 aliphatic rings. The molecule has 1 aromatic carbocycles. The molecule has 164 valence electrons. The first-order valence-corrected chi connectivity index (χ1v) is 11.0. The number of ether oxygens (including phenoxy) is 3. The van der Waals surface area contributed by atoms with Gasteiger partial charge in [-0.05, 0) is 43.4 Å². The quantitative estimate of drug-likeness (QED) is 0.500. The van der Waals surface area contributed by atoms with Crippen LogP contribution >= 0.6 is 11.6 Å². The van der Waals surface area contributed by atoms with Crippen LogP contribution in [0.3, 0.4) is 0 Å². The Bertz CT molecular complexity index is 1110. The molecular weight excluding hydrogens is 420 g/mol. The van der Waals surface area contributed by atoms with Crippen LogP contribution in [0, 0.1) is 0 Å². The largest absolute Gasteiger partial charge is 0.492 e. The predicted octanol–water partition coefficient (Wildman–Crippen LogP) is 3.69. The SMILES string of the molecule is COCCCOc1cc2c(cc1Cl)-c1cc(=O)c(C(=O)OC)cn1N1C2CCC12CC2. The van der Waals surface area contributed by atoms with Gasteiger partial charge in [0.25, 0.3) is 0 Å². The molecule has 1 atom stereocenters. The predicted molar refractivity (Wildman–Crippen MR) is 117 cm³/mol. The van der Waals surface area contributed by atoms with Crippen molar-refractivity contribution in [3.63, 3.8) is 0 Å². The van der Waals surface area contributed by atoms with Crippen LogP contribution in [0.4, 0.5) is 0 Å². The fourth-order valence-corrected chi connectivity index (χ4v) is 5.21. The molecule has 8 heteroatoms. The van der Waals surface area contributed by atoms with Gasteiger partial charge >= 0.3 is 5.97 Å². The van der Waals surface area contributed by atoms with Gasteiger partial charge in [0.1, 0.15) is 11.3 Å². The summed E-state index contributed by atoms with van der Waals surface area (Å²) >= 11 is 6.56. The third kappa shape index (κ3) is 3.22. The minimum atomic E-state index is -0.621. The van der Waals surface area contributed by atoms with E-state index in [1.165, 1.54) is 13.2 Å². The summed E-state index contributed by atoms with van der Waals surface area (Å²) in [6, 6.07) is 5.55. The van der Waals surface area contributed by atoms with E-state index in [4.69, 9.17) is 25.8 Å². The Morgan fingerprint density at radius 1 is 1.19 bits per heavy atom. The molecule has 2 fully saturated rings. The molecule has 1 aromatic heterocycles. The number of fused-ring (bicyclic) bond motifs is 7. The van der Waals surface area contributed by atoms with Crippen LogP contribution in [0.15, 0.2) is 29.2 Å². The van der Waals surface area contributed by atoms with E-state index >= 15 is 0 Å². The Kier molecular flexibility index (Phi) is 4.98. The summed E-state index contributed by atoms with van der Waals surface area (Å²) in [4.78, 5) is 24.9. The lowest BCUT2D eigenvalue weighted by molar-refractivity contribution is 0.0598. The van der Waals surface area contributed by atoms with Gasteiger partial charge in [-0.15, -0.1) is 0 Å². The van der Waals surface area contributed by atoms with Crippen molar-refractivity contribution in [1.82, 2.24) is 4.68 Å². The number of carbonyl (C=O) groups is 1. The van der Waals surface area contributed by atoms with Crippen molar-refractivity contribution in [2.45, 2.75) is 43.7 Å². The number of carbonyl (C=O) groups excluding carboxylic acids is 1. The van der Waals surface area contributed by atoms with Crippen LogP contribution in [0.5, 0.6) is 5.75 Å². The monoisotopic (exact) mass is 444 g/mol. The maximum atomic E-state index is 12.7. The van der Waals surface area contributed by atoms with E-state index in [2.05, 4.69) is 5.01 Å². The molecule has 1 saturated carbocycles. The third-order valence-electron chi connectivity index (χ3n) is 6.65. The first kappa shape index (κ1) is 20.4. The molecule has 2 aromatic rings. The Hall–Kier alpha value is -2.51. The molecule has 0 amide bonds. The molecule has 7 nitrogen and oxygen atoms in total. The first-order valence-electron chi connectivity index (χ1n) is 10.6. The number of methoxy groups -OCH3 is 2. The Morgan fingerprint density at radius 3 is 2.71 bits per heavy atom. The van der Waals surface area contributed by atoms with Gasteiger partial charge in [-0.3, -0.25) is 14.5 Å². The van der Waals surface area contributed by atoms with Crippen molar-refractivity contribution in [3.8, 4) is 17.0 Å². The lowest BCUT2D eigenvalue weighted by atomic mass is 9.94. The summed E-state index contributed by atoms with van der Waals surface area (Å²) in [6.45, 7) is 1.14. The normalized spacial score (nSPS) is 19.6. The number of rotatable bonds is 6. The average molecular weight is 445 g/mol. The highest BCUT2D eigenvalue weighted by Crippen LogP contribution is 2.58. The molecule has 1 unspecified atom stereocenters. The van der Waals surface area contributed by atoms with Gasteiger partial charge < -0.3 is 14.2 Å². The highest BCUT2D eigenvalue weighted by Gasteiger charge is 2.57. The smallest absolute Gasteiger partial charge is 0.343 e.